The van der Waals surface area contributed by atoms with Crippen molar-refractivity contribution in [2.45, 2.75) is 38.1 Å². The molecule has 5 heteroatoms. The Morgan fingerprint density at radius 1 is 1.43 bits per heavy atom. The van der Waals surface area contributed by atoms with E-state index in [2.05, 4.69) is 41.5 Å². The minimum atomic E-state index is -0.152. The maximum absolute atomic E-state index is 12.0. The lowest BCUT2D eigenvalue weighted by Gasteiger charge is -2.45. The molecule has 1 aromatic rings. The van der Waals surface area contributed by atoms with Gasteiger partial charge in [0.2, 0.25) is 0 Å². The minimum Gasteiger partial charge on any atom is -0.336 e. The third-order valence-corrected chi connectivity index (χ3v) is 4.53. The summed E-state index contributed by atoms with van der Waals surface area (Å²) >= 11 is 0. The van der Waals surface area contributed by atoms with Crippen LogP contribution in [0.3, 0.4) is 0 Å². The molecule has 1 aliphatic carbocycles. The number of likely N-dealkylation sites (N-methyl/N-ethyl adjacent to an activating group) is 1. The number of nitrogens with one attached hydrogen (secondary N) is 2. The Balaban J connectivity index is 1.91. The fraction of sp³-hybridized carbons (Fsp3) is 0.625. The number of carbonyl (C=O) groups is 1. The predicted molar refractivity (Wildman–Crippen MR) is 85.3 cm³/mol. The van der Waals surface area contributed by atoms with Crippen LogP contribution in [0.2, 0.25) is 0 Å². The monoisotopic (exact) mass is 290 g/mol. The Bertz CT molecular complexity index is 463. The van der Waals surface area contributed by atoms with Gasteiger partial charge in [0, 0.05) is 30.2 Å². The third-order valence-electron chi connectivity index (χ3n) is 4.53. The first kappa shape index (κ1) is 15.8. The summed E-state index contributed by atoms with van der Waals surface area (Å²) in [6, 6.07) is 3.41. The van der Waals surface area contributed by atoms with E-state index in [0.29, 0.717) is 12.5 Å². The molecular weight excluding hydrogens is 264 g/mol. The summed E-state index contributed by atoms with van der Waals surface area (Å²) < 4.78 is 0. The van der Waals surface area contributed by atoms with Gasteiger partial charge in [0.25, 0.3) is 0 Å². The van der Waals surface area contributed by atoms with Gasteiger partial charge in [0.05, 0.1) is 0 Å². The van der Waals surface area contributed by atoms with Crippen LogP contribution in [0.4, 0.5) is 10.5 Å². The van der Waals surface area contributed by atoms with Gasteiger partial charge >= 0.3 is 6.03 Å². The maximum atomic E-state index is 12.0. The average Bonchev–Trinajstić information content (AvgIpc) is 2.46. The first-order valence-electron chi connectivity index (χ1n) is 7.64. The van der Waals surface area contributed by atoms with Crippen LogP contribution in [0.15, 0.2) is 24.5 Å². The normalized spacial score (nSPS) is 25.6. The van der Waals surface area contributed by atoms with Crippen molar-refractivity contribution in [2.24, 2.45) is 5.92 Å². The highest BCUT2D eigenvalue weighted by atomic mass is 16.2. The zero-order chi connectivity index (χ0) is 15.3. The van der Waals surface area contributed by atoms with Gasteiger partial charge < -0.3 is 15.5 Å². The van der Waals surface area contributed by atoms with Gasteiger partial charge in [-0.15, -0.1) is 0 Å². The summed E-state index contributed by atoms with van der Waals surface area (Å²) in [5.41, 5.74) is 0.839. The van der Waals surface area contributed by atoms with Crippen LogP contribution in [-0.2, 0) is 0 Å². The first-order valence-corrected chi connectivity index (χ1v) is 7.64. The van der Waals surface area contributed by atoms with Crippen molar-refractivity contribution in [2.75, 3.05) is 26.0 Å². The molecule has 21 heavy (non-hydrogen) atoms. The van der Waals surface area contributed by atoms with Gasteiger partial charge in [0.15, 0.2) is 0 Å². The number of hydrogen-bond donors (Lipinski definition) is 2. The summed E-state index contributed by atoms with van der Waals surface area (Å²) in [5, 5.41) is 5.87. The fourth-order valence-corrected chi connectivity index (χ4v) is 3.21. The minimum absolute atomic E-state index is 0.0766. The van der Waals surface area contributed by atoms with Crippen molar-refractivity contribution in [3.63, 3.8) is 0 Å². The molecule has 0 bridgehead atoms. The van der Waals surface area contributed by atoms with Gasteiger partial charge in [0.1, 0.15) is 0 Å². The van der Waals surface area contributed by atoms with Crippen LogP contribution in [0.5, 0.6) is 0 Å². The molecule has 2 atom stereocenters. The standard InChI is InChI=1S/C16H26N4O/c1-13-5-4-8-16(11-13,20(2)3)12-18-15(21)19-14-6-9-17-10-7-14/h6-7,9-10,13H,4-5,8,11-12H2,1-3H3,(H2,17,18,19,21). The third kappa shape index (κ3) is 4.17. The van der Waals surface area contributed by atoms with E-state index in [4.69, 9.17) is 0 Å². The molecule has 0 spiro atoms. The van der Waals surface area contributed by atoms with Gasteiger partial charge in [-0.05, 0) is 45.0 Å². The molecule has 0 aliphatic heterocycles. The Labute approximate surface area is 127 Å². The van der Waals surface area contributed by atoms with Crippen molar-refractivity contribution in [3.8, 4) is 0 Å². The van der Waals surface area contributed by atoms with Crippen molar-refractivity contribution < 1.29 is 4.79 Å². The van der Waals surface area contributed by atoms with E-state index >= 15 is 0 Å². The van der Waals surface area contributed by atoms with Crippen LogP contribution in [-0.4, -0.2) is 42.1 Å². The summed E-state index contributed by atoms with van der Waals surface area (Å²) in [6.45, 7) is 2.98. The predicted octanol–water partition coefficient (Wildman–Crippen LogP) is 2.71. The summed E-state index contributed by atoms with van der Waals surface area (Å²) in [7, 11) is 4.22. The van der Waals surface area contributed by atoms with Crippen LogP contribution in [0.1, 0.15) is 32.6 Å². The molecule has 2 rings (SSSR count). The molecule has 0 aromatic carbocycles. The van der Waals surface area contributed by atoms with E-state index in [1.165, 1.54) is 12.8 Å². The van der Waals surface area contributed by atoms with Gasteiger partial charge in [-0.3, -0.25) is 4.98 Å². The maximum Gasteiger partial charge on any atom is 0.319 e. The number of aromatic nitrogens is 1. The average molecular weight is 290 g/mol. The SMILES string of the molecule is CC1CCCC(CNC(=O)Nc2ccncc2)(N(C)C)C1. The number of carbonyl (C=O) groups excluding carboxylic acids is 1. The lowest BCUT2D eigenvalue weighted by molar-refractivity contribution is 0.0779. The van der Waals surface area contributed by atoms with Crippen LogP contribution in [0, 0.1) is 5.92 Å². The van der Waals surface area contributed by atoms with Gasteiger partial charge in [-0.2, -0.15) is 0 Å². The number of rotatable bonds is 4. The number of pyridine rings is 1. The first-order chi connectivity index (χ1) is 10.0. The molecule has 1 aromatic heterocycles. The Kier molecular flexibility index (Phi) is 5.17. The van der Waals surface area contributed by atoms with E-state index < -0.39 is 0 Å². The second-order valence-corrected chi connectivity index (χ2v) is 6.36. The molecule has 2 N–H and O–H groups in total. The van der Waals surface area contributed by atoms with E-state index in [0.717, 1.165) is 18.5 Å². The lowest BCUT2D eigenvalue weighted by Crippen LogP contribution is -2.55. The van der Waals surface area contributed by atoms with Crippen LogP contribution in [0.25, 0.3) is 0 Å². The van der Waals surface area contributed by atoms with Gasteiger partial charge in [-0.1, -0.05) is 19.8 Å². The molecule has 1 fully saturated rings. The number of urea groups is 1. The largest absolute Gasteiger partial charge is 0.336 e. The number of amides is 2. The molecular formula is C16H26N4O. The second-order valence-electron chi connectivity index (χ2n) is 6.36. The van der Waals surface area contributed by atoms with Crippen molar-refractivity contribution >= 4 is 11.7 Å². The van der Waals surface area contributed by atoms with E-state index in [-0.39, 0.29) is 11.6 Å². The molecule has 116 valence electrons. The van der Waals surface area contributed by atoms with E-state index in [9.17, 15) is 4.79 Å². The Morgan fingerprint density at radius 2 is 2.14 bits per heavy atom. The molecule has 2 amide bonds. The van der Waals surface area contributed by atoms with Crippen molar-refractivity contribution in [1.29, 1.82) is 0 Å². The van der Waals surface area contributed by atoms with E-state index in [1.54, 1.807) is 24.5 Å². The summed E-state index contributed by atoms with van der Waals surface area (Å²) in [4.78, 5) is 18.2. The molecule has 1 heterocycles. The molecule has 0 saturated heterocycles. The van der Waals surface area contributed by atoms with E-state index in [1.807, 2.05) is 0 Å². The summed E-state index contributed by atoms with van der Waals surface area (Å²) in [5.74, 6) is 0.714. The van der Waals surface area contributed by atoms with Crippen LogP contribution >= 0.6 is 0 Å². The fourth-order valence-electron chi connectivity index (χ4n) is 3.21. The second kappa shape index (κ2) is 6.89. The van der Waals surface area contributed by atoms with Gasteiger partial charge in [-0.25, -0.2) is 4.79 Å². The smallest absolute Gasteiger partial charge is 0.319 e. The summed E-state index contributed by atoms with van der Waals surface area (Å²) in [6.07, 6.45) is 8.13. The number of anilines is 1. The lowest BCUT2D eigenvalue weighted by atomic mass is 9.75. The molecule has 1 aliphatic rings. The van der Waals surface area contributed by atoms with Crippen molar-refractivity contribution in [3.05, 3.63) is 24.5 Å². The quantitative estimate of drug-likeness (QED) is 0.896. The molecule has 1 saturated carbocycles. The highest BCUT2D eigenvalue weighted by Crippen LogP contribution is 2.35. The Morgan fingerprint density at radius 3 is 2.76 bits per heavy atom. The highest BCUT2D eigenvalue weighted by molar-refractivity contribution is 5.89. The Hall–Kier alpha value is -1.62. The highest BCUT2D eigenvalue weighted by Gasteiger charge is 2.37. The molecule has 0 radical (unpaired) electrons. The number of hydrogen-bond acceptors (Lipinski definition) is 3. The zero-order valence-corrected chi connectivity index (χ0v) is 13.2. The molecule has 5 nitrogen and oxygen atoms in total. The van der Waals surface area contributed by atoms with Crippen LogP contribution < -0.4 is 10.6 Å². The zero-order valence-electron chi connectivity index (χ0n) is 13.2. The van der Waals surface area contributed by atoms with Crippen molar-refractivity contribution in [1.82, 2.24) is 15.2 Å². The topological polar surface area (TPSA) is 57.3 Å². The molecule has 2 unspecified atom stereocenters. The number of nitrogens with zero attached hydrogens (tertiary/aromatic N) is 2.